The Kier molecular flexibility index (Phi) is 4.71. The van der Waals surface area contributed by atoms with Gasteiger partial charge in [0.15, 0.2) is 5.41 Å². The molecular formula is C23H22N4O6. The summed E-state index contributed by atoms with van der Waals surface area (Å²) in [6.45, 7) is 4.18. The topological polar surface area (TPSA) is 131 Å². The molecule has 4 amide bonds. The second kappa shape index (κ2) is 7.38. The van der Waals surface area contributed by atoms with Gasteiger partial charge in [-0.05, 0) is 43.0 Å². The second-order valence-electron chi connectivity index (χ2n) is 8.79. The minimum absolute atomic E-state index is 0.00381. The number of anilines is 1. The van der Waals surface area contributed by atoms with Crippen LogP contribution in [0.2, 0.25) is 0 Å². The van der Waals surface area contributed by atoms with Crippen molar-refractivity contribution in [2.45, 2.75) is 38.5 Å². The van der Waals surface area contributed by atoms with Gasteiger partial charge in [0, 0.05) is 24.4 Å². The van der Waals surface area contributed by atoms with Crippen LogP contribution < -0.4 is 15.5 Å². The lowest BCUT2D eigenvalue weighted by Gasteiger charge is -2.55. The number of ether oxygens (including phenoxy) is 1. The first kappa shape index (κ1) is 21.1. The first-order chi connectivity index (χ1) is 15.7. The minimum Gasteiger partial charge on any atom is -0.372 e. The molecule has 3 atom stereocenters. The SMILES string of the molecule is CC1CN2c3cc(-c4cccc([N+](=O)[O-])c4)ccc3CC3(C(=O)NC(=O)NC3=O)C2C(C)O1. The number of nitrogens with one attached hydrogen (secondary N) is 2. The summed E-state index contributed by atoms with van der Waals surface area (Å²) in [6, 6.07) is 10.5. The summed E-state index contributed by atoms with van der Waals surface area (Å²) in [7, 11) is 0. The molecule has 0 saturated carbocycles. The summed E-state index contributed by atoms with van der Waals surface area (Å²) in [5.74, 6) is -1.27. The van der Waals surface area contributed by atoms with Gasteiger partial charge in [-0.2, -0.15) is 0 Å². The maximum atomic E-state index is 13.1. The molecule has 3 aliphatic heterocycles. The molecule has 2 N–H and O–H groups in total. The first-order valence-corrected chi connectivity index (χ1v) is 10.7. The van der Waals surface area contributed by atoms with E-state index in [4.69, 9.17) is 4.74 Å². The maximum absolute atomic E-state index is 13.1. The molecule has 2 aromatic rings. The van der Waals surface area contributed by atoms with E-state index < -0.39 is 40.3 Å². The number of amides is 4. The molecule has 5 rings (SSSR count). The number of nitro benzene ring substituents is 1. The average Bonchev–Trinajstić information content (AvgIpc) is 2.76. The predicted octanol–water partition coefficient (Wildman–Crippen LogP) is 2.15. The van der Waals surface area contributed by atoms with Crippen molar-refractivity contribution in [1.82, 2.24) is 10.6 Å². The van der Waals surface area contributed by atoms with Crippen molar-refractivity contribution in [3.63, 3.8) is 0 Å². The number of hydrogen-bond donors (Lipinski definition) is 2. The van der Waals surface area contributed by atoms with E-state index in [1.54, 1.807) is 12.1 Å². The molecule has 0 aromatic heterocycles. The number of non-ortho nitro benzene ring substituents is 1. The van der Waals surface area contributed by atoms with Gasteiger partial charge in [-0.3, -0.25) is 30.3 Å². The van der Waals surface area contributed by atoms with E-state index in [9.17, 15) is 24.5 Å². The van der Waals surface area contributed by atoms with Crippen molar-refractivity contribution in [2.24, 2.45) is 5.41 Å². The van der Waals surface area contributed by atoms with Gasteiger partial charge in [-0.1, -0.05) is 24.3 Å². The zero-order chi connectivity index (χ0) is 23.5. The number of benzene rings is 2. The number of urea groups is 1. The van der Waals surface area contributed by atoms with E-state index in [-0.39, 0.29) is 18.2 Å². The van der Waals surface area contributed by atoms with Crippen molar-refractivity contribution in [2.75, 3.05) is 11.4 Å². The molecule has 33 heavy (non-hydrogen) atoms. The van der Waals surface area contributed by atoms with Crippen molar-refractivity contribution in [3.8, 4) is 11.1 Å². The predicted molar refractivity (Wildman–Crippen MR) is 117 cm³/mol. The van der Waals surface area contributed by atoms with E-state index in [0.717, 1.165) is 16.8 Å². The normalized spacial score (nSPS) is 25.7. The van der Waals surface area contributed by atoms with Crippen LogP contribution in [0.15, 0.2) is 42.5 Å². The fourth-order valence-corrected chi connectivity index (χ4v) is 5.40. The van der Waals surface area contributed by atoms with Gasteiger partial charge in [-0.15, -0.1) is 0 Å². The monoisotopic (exact) mass is 450 g/mol. The fraction of sp³-hybridized carbons (Fsp3) is 0.348. The molecular weight excluding hydrogens is 428 g/mol. The Morgan fingerprint density at radius 2 is 1.76 bits per heavy atom. The zero-order valence-electron chi connectivity index (χ0n) is 18.0. The number of nitro groups is 1. The number of barbiturate groups is 1. The maximum Gasteiger partial charge on any atom is 0.328 e. The van der Waals surface area contributed by atoms with Crippen LogP contribution in [0.3, 0.4) is 0 Å². The number of imide groups is 2. The Labute approximate surface area is 189 Å². The molecule has 0 bridgehead atoms. The lowest BCUT2D eigenvalue weighted by atomic mass is 9.66. The fourth-order valence-electron chi connectivity index (χ4n) is 5.40. The average molecular weight is 450 g/mol. The Morgan fingerprint density at radius 3 is 2.45 bits per heavy atom. The highest BCUT2D eigenvalue weighted by atomic mass is 16.6. The molecule has 1 spiro atoms. The van der Waals surface area contributed by atoms with Gasteiger partial charge < -0.3 is 9.64 Å². The Balaban J connectivity index is 1.65. The van der Waals surface area contributed by atoms with Gasteiger partial charge >= 0.3 is 6.03 Å². The number of hydrogen-bond acceptors (Lipinski definition) is 7. The Bertz CT molecular complexity index is 1190. The summed E-state index contributed by atoms with van der Waals surface area (Å²) in [5.41, 5.74) is 1.57. The quantitative estimate of drug-likeness (QED) is 0.407. The number of morpholine rings is 1. The highest BCUT2D eigenvalue weighted by Crippen LogP contribution is 2.47. The molecule has 3 aliphatic rings. The third-order valence-corrected chi connectivity index (χ3v) is 6.70. The van der Waals surface area contributed by atoms with Crippen LogP contribution in [-0.4, -0.2) is 47.6 Å². The number of nitrogens with zero attached hydrogens (tertiary/aromatic N) is 2. The molecule has 0 aliphatic carbocycles. The Morgan fingerprint density at radius 1 is 1.06 bits per heavy atom. The van der Waals surface area contributed by atoms with Crippen molar-refractivity contribution in [1.29, 1.82) is 0 Å². The summed E-state index contributed by atoms with van der Waals surface area (Å²) >= 11 is 0. The lowest BCUT2D eigenvalue weighted by molar-refractivity contribution is -0.384. The number of carbonyl (C=O) groups is 3. The van der Waals surface area contributed by atoms with Crippen LogP contribution in [0.1, 0.15) is 19.4 Å². The molecule has 10 nitrogen and oxygen atoms in total. The van der Waals surface area contributed by atoms with E-state index in [0.29, 0.717) is 12.1 Å². The van der Waals surface area contributed by atoms with Gasteiger partial charge in [0.1, 0.15) is 0 Å². The number of rotatable bonds is 2. The smallest absolute Gasteiger partial charge is 0.328 e. The molecule has 0 radical (unpaired) electrons. The van der Waals surface area contributed by atoms with Crippen LogP contribution in [-0.2, 0) is 20.7 Å². The standard InChI is InChI=1S/C23H22N4O6/c1-12-11-26-18-9-15(14-4-3-5-17(8-14)27(31)32)6-7-16(18)10-23(19(26)13(2)33-12)20(28)24-22(30)25-21(23)29/h3-9,12-13,19H,10-11H2,1-2H3,(H2,24,25,28,29,30). The third kappa shape index (κ3) is 3.17. The van der Waals surface area contributed by atoms with Crippen LogP contribution in [0.25, 0.3) is 11.1 Å². The minimum atomic E-state index is -1.52. The molecule has 2 fully saturated rings. The molecule has 3 heterocycles. The number of fused-ring (bicyclic) bond motifs is 4. The molecule has 2 aromatic carbocycles. The summed E-state index contributed by atoms with van der Waals surface area (Å²) < 4.78 is 6.02. The highest BCUT2D eigenvalue weighted by Gasteiger charge is 2.62. The Hall–Kier alpha value is -3.79. The third-order valence-electron chi connectivity index (χ3n) is 6.70. The van der Waals surface area contributed by atoms with Crippen LogP contribution >= 0.6 is 0 Å². The second-order valence-corrected chi connectivity index (χ2v) is 8.79. The molecule has 10 heteroatoms. The van der Waals surface area contributed by atoms with Gasteiger partial charge in [0.25, 0.3) is 5.69 Å². The van der Waals surface area contributed by atoms with Crippen molar-refractivity contribution in [3.05, 3.63) is 58.1 Å². The lowest BCUT2D eigenvalue weighted by Crippen LogP contribution is -2.75. The van der Waals surface area contributed by atoms with E-state index in [1.165, 1.54) is 12.1 Å². The first-order valence-electron chi connectivity index (χ1n) is 10.7. The molecule has 3 unspecified atom stereocenters. The van der Waals surface area contributed by atoms with E-state index in [2.05, 4.69) is 10.6 Å². The van der Waals surface area contributed by atoms with E-state index >= 15 is 0 Å². The van der Waals surface area contributed by atoms with Gasteiger partial charge in [0.05, 0.1) is 23.2 Å². The van der Waals surface area contributed by atoms with Crippen molar-refractivity contribution >= 4 is 29.2 Å². The highest BCUT2D eigenvalue weighted by molar-refractivity contribution is 6.20. The summed E-state index contributed by atoms with van der Waals surface area (Å²) in [4.78, 5) is 50.8. The summed E-state index contributed by atoms with van der Waals surface area (Å²) in [6.07, 6.45) is -0.517. The van der Waals surface area contributed by atoms with Gasteiger partial charge in [-0.25, -0.2) is 4.79 Å². The van der Waals surface area contributed by atoms with Crippen LogP contribution in [0, 0.1) is 15.5 Å². The largest absolute Gasteiger partial charge is 0.372 e. The molecule has 170 valence electrons. The zero-order valence-corrected chi connectivity index (χ0v) is 18.0. The van der Waals surface area contributed by atoms with Crippen molar-refractivity contribution < 1.29 is 24.0 Å². The summed E-state index contributed by atoms with van der Waals surface area (Å²) in [5, 5.41) is 15.7. The van der Waals surface area contributed by atoms with Crippen LogP contribution in [0.5, 0.6) is 0 Å². The van der Waals surface area contributed by atoms with Crippen LogP contribution in [0.4, 0.5) is 16.2 Å². The number of carbonyl (C=O) groups excluding carboxylic acids is 3. The van der Waals surface area contributed by atoms with E-state index in [1.807, 2.05) is 36.9 Å². The molecule has 2 saturated heterocycles. The van der Waals surface area contributed by atoms with Gasteiger partial charge in [0.2, 0.25) is 11.8 Å².